The molecule has 0 spiro atoms. The second-order valence-corrected chi connectivity index (χ2v) is 6.98. The second kappa shape index (κ2) is 10.8. The van der Waals surface area contributed by atoms with E-state index >= 15 is 0 Å². The average Bonchev–Trinajstić information content (AvgIpc) is 2.79. The summed E-state index contributed by atoms with van der Waals surface area (Å²) in [4.78, 5) is 24.9. The maximum absolute atomic E-state index is 12.9. The number of hydrogen-bond acceptors (Lipinski definition) is 3. The number of thiocarbonyl (C=S) groups is 1. The minimum Gasteiger partial charge on any atom is -0.298 e. The first-order chi connectivity index (χ1) is 15.0. The van der Waals surface area contributed by atoms with E-state index in [0.29, 0.717) is 5.56 Å². The molecule has 0 heterocycles. The van der Waals surface area contributed by atoms with Gasteiger partial charge in [-0.25, -0.2) is 4.39 Å². The summed E-state index contributed by atoms with van der Waals surface area (Å²) in [6.45, 7) is 0. The molecular formula is C24H20FN3O2S. The Morgan fingerprint density at radius 2 is 1.35 bits per heavy atom. The fourth-order valence-corrected chi connectivity index (χ4v) is 3.06. The van der Waals surface area contributed by atoms with Gasteiger partial charge in [-0.1, -0.05) is 72.8 Å². The predicted molar refractivity (Wildman–Crippen MR) is 122 cm³/mol. The molecule has 0 fully saturated rings. The molecule has 3 rings (SSSR count). The predicted octanol–water partition coefficient (Wildman–Crippen LogP) is 3.69. The fraction of sp³-hybridized carbons (Fsp3) is 0.0417. The van der Waals surface area contributed by atoms with E-state index in [9.17, 15) is 14.0 Å². The van der Waals surface area contributed by atoms with Gasteiger partial charge in [0.1, 0.15) is 5.82 Å². The third-order valence-corrected chi connectivity index (χ3v) is 4.57. The lowest BCUT2D eigenvalue weighted by Crippen LogP contribution is -2.49. The van der Waals surface area contributed by atoms with Crippen LogP contribution in [0.2, 0.25) is 0 Å². The molecule has 0 bridgehead atoms. The lowest BCUT2D eigenvalue weighted by atomic mass is 9.91. The normalized spacial score (nSPS) is 10.6. The van der Waals surface area contributed by atoms with Crippen LogP contribution in [0.5, 0.6) is 0 Å². The largest absolute Gasteiger partial charge is 0.298 e. The quantitative estimate of drug-likeness (QED) is 0.326. The molecule has 3 aromatic carbocycles. The molecule has 0 atom stereocenters. The Balaban J connectivity index is 1.58. The average molecular weight is 434 g/mol. The van der Waals surface area contributed by atoms with Gasteiger partial charge in [0.15, 0.2) is 5.11 Å². The van der Waals surface area contributed by atoms with Crippen LogP contribution in [0.1, 0.15) is 22.6 Å². The Morgan fingerprint density at radius 1 is 0.806 bits per heavy atom. The van der Waals surface area contributed by atoms with Crippen molar-refractivity contribution in [1.82, 2.24) is 16.2 Å². The highest BCUT2D eigenvalue weighted by Crippen LogP contribution is 2.24. The van der Waals surface area contributed by atoms with E-state index in [0.717, 1.165) is 11.1 Å². The standard InChI is InChI=1S/C24H20FN3O2S/c25-20-14-11-17(12-15-20)13-16-21(29)26-24(31)28-27-23(30)22(18-7-3-1-4-8-18)19-9-5-2-6-10-19/h1-16,22H,(H,27,30)(H2,26,28,29,31)/b16-13+. The van der Waals surface area contributed by atoms with E-state index in [1.807, 2.05) is 60.7 Å². The second-order valence-electron chi connectivity index (χ2n) is 6.57. The van der Waals surface area contributed by atoms with Crippen LogP contribution in [0.25, 0.3) is 6.08 Å². The summed E-state index contributed by atoms with van der Waals surface area (Å²) in [5, 5.41) is 2.39. The number of nitrogens with one attached hydrogen (secondary N) is 3. The molecule has 0 saturated heterocycles. The molecular weight excluding hydrogens is 413 g/mol. The van der Waals surface area contributed by atoms with Crippen molar-refractivity contribution in [1.29, 1.82) is 0 Å². The summed E-state index contributed by atoms with van der Waals surface area (Å²) in [7, 11) is 0. The summed E-state index contributed by atoms with van der Waals surface area (Å²) >= 11 is 5.08. The molecule has 5 nitrogen and oxygen atoms in total. The smallest absolute Gasteiger partial charge is 0.250 e. The van der Waals surface area contributed by atoms with Crippen molar-refractivity contribution in [2.75, 3.05) is 0 Å². The van der Waals surface area contributed by atoms with Gasteiger partial charge in [0.2, 0.25) is 11.8 Å². The molecule has 0 aliphatic rings. The third-order valence-electron chi connectivity index (χ3n) is 4.36. The molecule has 31 heavy (non-hydrogen) atoms. The van der Waals surface area contributed by atoms with E-state index in [1.165, 1.54) is 24.3 Å². The van der Waals surface area contributed by atoms with Gasteiger partial charge in [0.25, 0.3) is 0 Å². The summed E-state index contributed by atoms with van der Waals surface area (Å²) in [5.74, 6) is -1.71. The van der Waals surface area contributed by atoms with Gasteiger partial charge < -0.3 is 0 Å². The van der Waals surface area contributed by atoms with Crippen LogP contribution >= 0.6 is 12.2 Å². The minimum atomic E-state index is -0.549. The number of amides is 2. The topological polar surface area (TPSA) is 70.2 Å². The monoisotopic (exact) mass is 433 g/mol. The Labute approximate surface area is 185 Å². The Morgan fingerprint density at radius 3 is 1.90 bits per heavy atom. The van der Waals surface area contributed by atoms with Crippen molar-refractivity contribution in [2.24, 2.45) is 0 Å². The molecule has 3 N–H and O–H groups in total. The zero-order chi connectivity index (χ0) is 22.1. The van der Waals surface area contributed by atoms with E-state index in [1.54, 1.807) is 12.1 Å². The summed E-state index contributed by atoms with van der Waals surface area (Å²) in [5.41, 5.74) is 7.42. The number of carbonyl (C=O) groups is 2. The summed E-state index contributed by atoms with van der Waals surface area (Å²) in [6.07, 6.45) is 2.79. The molecule has 0 aromatic heterocycles. The van der Waals surface area contributed by atoms with Crippen LogP contribution in [-0.2, 0) is 9.59 Å². The van der Waals surface area contributed by atoms with Gasteiger partial charge in [0, 0.05) is 6.08 Å². The molecule has 0 radical (unpaired) electrons. The van der Waals surface area contributed by atoms with Crippen molar-refractivity contribution in [3.05, 3.63) is 114 Å². The number of hydrogen-bond donors (Lipinski definition) is 3. The molecule has 7 heteroatoms. The van der Waals surface area contributed by atoms with Gasteiger partial charge in [-0.3, -0.25) is 25.8 Å². The van der Waals surface area contributed by atoms with Crippen LogP contribution in [0.15, 0.2) is 91.0 Å². The first-order valence-corrected chi connectivity index (χ1v) is 9.88. The third kappa shape index (κ3) is 6.58. The number of carbonyl (C=O) groups excluding carboxylic acids is 2. The van der Waals surface area contributed by atoms with Crippen molar-refractivity contribution in [2.45, 2.75) is 5.92 Å². The van der Waals surface area contributed by atoms with Gasteiger partial charge >= 0.3 is 0 Å². The van der Waals surface area contributed by atoms with E-state index in [2.05, 4.69) is 16.2 Å². The maximum atomic E-state index is 12.9. The Hall–Kier alpha value is -3.84. The SMILES string of the molecule is O=C(/C=C/c1ccc(F)cc1)NC(=S)NNC(=O)C(c1ccccc1)c1ccccc1. The van der Waals surface area contributed by atoms with Crippen molar-refractivity contribution in [3.63, 3.8) is 0 Å². The van der Waals surface area contributed by atoms with Crippen LogP contribution in [0.4, 0.5) is 4.39 Å². The highest BCUT2D eigenvalue weighted by atomic mass is 32.1. The van der Waals surface area contributed by atoms with Crippen molar-refractivity contribution >= 4 is 35.2 Å². The lowest BCUT2D eigenvalue weighted by molar-refractivity contribution is -0.122. The molecule has 0 unspecified atom stereocenters. The van der Waals surface area contributed by atoms with E-state index in [-0.39, 0.29) is 16.8 Å². The summed E-state index contributed by atoms with van der Waals surface area (Å²) in [6, 6.07) is 24.4. The van der Waals surface area contributed by atoms with Crippen molar-refractivity contribution in [3.8, 4) is 0 Å². The zero-order valence-electron chi connectivity index (χ0n) is 16.4. The molecule has 0 saturated carbocycles. The van der Waals surface area contributed by atoms with Crippen LogP contribution in [0.3, 0.4) is 0 Å². The van der Waals surface area contributed by atoms with E-state index < -0.39 is 11.8 Å². The molecule has 0 aliphatic carbocycles. The van der Waals surface area contributed by atoms with Gasteiger partial charge in [-0.15, -0.1) is 0 Å². The number of rotatable bonds is 5. The maximum Gasteiger partial charge on any atom is 0.250 e. The van der Waals surface area contributed by atoms with Gasteiger partial charge in [-0.05, 0) is 47.1 Å². The highest BCUT2D eigenvalue weighted by molar-refractivity contribution is 7.80. The lowest BCUT2D eigenvalue weighted by Gasteiger charge is -2.18. The van der Waals surface area contributed by atoms with Gasteiger partial charge in [-0.2, -0.15) is 0 Å². The molecule has 0 aliphatic heterocycles. The first-order valence-electron chi connectivity index (χ1n) is 9.47. The van der Waals surface area contributed by atoms with Crippen LogP contribution in [0, 0.1) is 5.82 Å². The highest BCUT2D eigenvalue weighted by Gasteiger charge is 2.22. The number of benzene rings is 3. The number of hydrazine groups is 1. The fourth-order valence-electron chi connectivity index (χ4n) is 2.91. The van der Waals surface area contributed by atoms with Crippen LogP contribution < -0.4 is 16.2 Å². The van der Waals surface area contributed by atoms with Gasteiger partial charge in [0.05, 0.1) is 5.92 Å². The Kier molecular flexibility index (Phi) is 7.61. The molecule has 2 amide bonds. The molecule has 156 valence electrons. The Bertz CT molecular complexity index is 1030. The van der Waals surface area contributed by atoms with Crippen LogP contribution in [-0.4, -0.2) is 16.9 Å². The summed E-state index contributed by atoms with van der Waals surface area (Å²) < 4.78 is 12.9. The first kappa shape index (κ1) is 21.9. The minimum absolute atomic E-state index is 0.0537. The molecule has 3 aromatic rings. The number of halogens is 1. The van der Waals surface area contributed by atoms with E-state index in [4.69, 9.17) is 12.2 Å². The zero-order valence-corrected chi connectivity index (χ0v) is 17.2. The van der Waals surface area contributed by atoms with Crippen molar-refractivity contribution < 1.29 is 14.0 Å².